The number of unbranched alkanes of at least 4 members (excludes halogenated alkanes) is 20. The van der Waals surface area contributed by atoms with Crippen LogP contribution in [0.25, 0.3) is 0 Å². The lowest BCUT2D eigenvalue weighted by Crippen LogP contribution is -3.00. The molecular weight excluding hydrogens is 656 g/mol. The SMILES string of the molecule is CCCCCCCCCCCCCC(=O)OCCN(CCOC(=O)CCCCCCCCCCCCC)C(=O)C[N+](C)(C)CCC.[Br-]. The second-order valence-corrected chi connectivity index (χ2v) is 14.2. The quantitative estimate of drug-likeness (QED) is 0.0414. The topological polar surface area (TPSA) is 72.9 Å². The van der Waals surface area contributed by atoms with E-state index >= 15 is 0 Å². The predicted molar refractivity (Wildman–Crippen MR) is 193 cm³/mol. The van der Waals surface area contributed by atoms with Gasteiger partial charge in [-0.1, -0.05) is 149 Å². The smallest absolute Gasteiger partial charge is 0.305 e. The Hall–Kier alpha value is -1.15. The van der Waals surface area contributed by atoms with Crippen LogP contribution in [-0.4, -0.2) is 80.7 Å². The van der Waals surface area contributed by atoms with Crippen LogP contribution in [0.4, 0.5) is 0 Å². The van der Waals surface area contributed by atoms with E-state index in [2.05, 4.69) is 34.9 Å². The molecule has 0 unspecified atom stereocenters. The normalized spacial score (nSPS) is 11.3. The molecule has 1 amide bonds. The Morgan fingerprint density at radius 2 is 0.809 bits per heavy atom. The maximum absolute atomic E-state index is 13.2. The number of likely N-dealkylation sites (N-methyl/N-ethyl adjacent to an activating group) is 1. The number of hydrogen-bond donors (Lipinski definition) is 0. The summed E-state index contributed by atoms with van der Waals surface area (Å²) in [6.45, 7) is 8.90. The molecule has 0 spiro atoms. The number of rotatable bonds is 34. The summed E-state index contributed by atoms with van der Waals surface area (Å²) >= 11 is 0. The van der Waals surface area contributed by atoms with Gasteiger partial charge in [-0.15, -0.1) is 0 Å². The number of hydrogen-bond acceptors (Lipinski definition) is 5. The van der Waals surface area contributed by atoms with E-state index < -0.39 is 0 Å². The molecule has 0 aliphatic heterocycles. The predicted octanol–water partition coefficient (Wildman–Crippen LogP) is 6.79. The van der Waals surface area contributed by atoms with Crippen LogP contribution in [0, 0.1) is 0 Å². The molecule has 0 bridgehead atoms. The van der Waals surface area contributed by atoms with Gasteiger partial charge in [0.15, 0.2) is 6.54 Å². The van der Waals surface area contributed by atoms with Crippen molar-refractivity contribution in [1.82, 2.24) is 4.90 Å². The molecule has 280 valence electrons. The number of esters is 2. The van der Waals surface area contributed by atoms with Crippen LogP contribution >= 0.6 is 0 Å². The van der Waals surface area contributed by atoms with Crippen LogP contribution in [0.1, 0.15) is 181 Å². The fourth-order valence-corrected chi connectivity index (χ4v) is 6.06. The molecule has 47 heavy (non-hydrogen) atoms. The summed E-state index contributed by atoms with van der Waals surface area (Å²) < 4.78 is 11.6. The molecule has 0 N–H and O–H groups in total. The van der Waals surface area contributed by atoms with Crippen LogP contribution in [-0.2, 0) is 23.9 Å². The van der Waals surface area contributed by atoms with E-state index in [1.54, 1.807) is 4.90 Å². The summed E-state index contributed by atoms with van der Waals surface area (Å²) in [4.78, 5) is 39.5. The maximum atomic E-state index is 13.2. The molecular formula is C39H77BrN2O5. The van der Waals surface area contributed by atoms with Gasteiger partial charge in [0.1, 0.15) is 13.2 Å². The van der Waals surface area contributed by atoms with Crippen molar-refractivity contribution in [1.29, 1.82) is 0 Å². The number of carbonyl (C=O) groups is 3. The van der Waals surface area contributed by atoms with Gasteiger partial charge in [-0.25, -0.2) is 0 Å². The standard InChI is InChI=1S/C39H77N2O5.BrH/c1-6-9-11-13-15-17-19-21-23-25-27-29-38(43)45-34-31-40(37(42)36-41(4,5)33-8-3)32-35-46-39(44)30-28-26-24-22-20-18-16-14-12-10-7-2;/h6-36H2,1-5H3;1H/q+1;/p-1. The summed E-state index contributed by atoms with van der Waals surface area (Å²) in [5, 5.41) is 0. The first-order valence-corrected chi connectivity index (χ1v) is 19.7. The fraction of sp³-hybridized carbons (Fsp3) is 0.923. The monoisotopic (exact) mass is 733 g/mol. The molecule has 8 heteroatoms. The van der Waals surface area contributed by atoms with Crippen molar-refractivity contribution in [2.75, 3.05) is 53.5 Å². The van der Waals surface area contributed by atoms with E-state index in [0.29, 0.717) is 37.0 Å². The molecule has 0 radical (unpaired) electrons. The van der Waals surface area contributed by atoms with E-state index in [-0.39, 0.29) is 48.0 Å². The number of amides is 1. The van der Waals surface area contributed by atoms with E-state index in [4.69, 9.17) is 9.47 Å². The highest BCUT2D eigenvalue weighted by Crippen LogP contribution is 2.14. The molecule has 0 heterocycles. The lowest BCUT2D eigenvalue weighted by atomic mass is 10.1. The van der Waals surface area contributed by atoms with Gasteiger partial charge in [-0.2, -0.15) is 0 Å². The van der Waals surface area contributed by atoms with Crippen molar-refractivity contribution >= 4 is 17.8 Å². The van der Waals surface area contributed by atoms with Crippen molar-refractivity contribution in [2.24, 2.45) is 0 Å². The molecule has 0 aliphatic rings. The van der Waals surface area contributed by atoms with Gasteiger partial charge in [0, 0.05) is 12.8 Å². The van der Waals surface area contributed by atoms with Gasteiger partial charge in [0.2, 0.25) is 0 Å². The van der Waals surface area contributed by atoms with E-state index in [1.807, 2.05) is 0 Å². The van der Waals surface area contributed by atoms with Gasteiger partial charge in [0.05, 0.1) is 33.7 Å². The molecule has 0 saturated carbocycles. The van der Waals surface area contributed by atoms with Crippen molar-refractivity contribution in [3.63, 3.8) is 0 Å². The molecule has 0 aromatic rings. The summed E-state index contributed by atoms with van der Waals surface area (Å²) in [6, 6.07) is 0. The van der Waals surface area contributed by atoms with Gasteiger partial charge in [-0.3, -0.25) is 14.4 Å². The minimum Gasteiger partial charge on any atom is -1.00 e. The molecule has 0 atom stereocenters. The Morgan fingerprint density at radius 1 is 0.489 bits per heavy atom. The first-order valence-electron chi connectivity index (χ1n) is 19.7. The third-order valence-electron chi connectivity index (χ3n) is 8.96. The second kappa shape index (κ2) is 34.7. The zero-order valence-corrected chi connectivity index (χ0v) is 33.3. The van der Waals surface area contributed by atoms with Crippen LogP contribution < -0.4 is 17.0 Å². The minimum absolute atomic E-state index is 0. The van der Waals surface area contributed by atoms with Crippen molar-refractivity contribution in [2.45, 2.75) is 181 Å². The van der Waals surface area contributed by atoms with Crippen LogP contribution in [0.5, 0.6) is 0 Å². The zero-order chi connectivity index (χ0) is 34.1. The van der Waals surface area contributed by atoms with Crippen LogP contribution in [0.15, 0.2) is 0 Å². The number of halogens is 1. The molecule has 0 aromatic heterocycles. The molecule has 0 fully saturated rings. The number of ether oxygens (including phenoxy) is 2. The minimum atomic E-state index is -0.191. The zero-order valence-electron chi connectivity index (χ0n) is 31.7. The number of nitrogens with zero attached hydrogens (tertiary/aromatic N) is 2. The highest BCUT2D eigenvalue weighted by atomic mass is 79.9. The largest absolute Gasteiger partial charge is 1.00 e. The first kappa shape index (κ1) is 48.0. The van der Waals surface area contributed by atoms with Gasteiger partial charge in [-0.05, 0) is 19.3 Å². The first-order chi connectivity index (χ1) is 22.3. The Morgan fingerprint density at radius 3 is 1.13 bits per heavy atom. The number of carbonyl (C=O) groups excluding carboxylic acids is 3. The van der Waals surface area contributed by atoms with Gasteiger partial charge < -0.3 is 35.8 Å². The summed E-state index contributed by atoms with van der Waals surface area (Å²) in [5.41, 5.74) is 0. The van der Waals surface area contributed by atoms with Crippen LogP contribution in [0.3, 0.4) is 0 Å². The van der Waals surface area contributed by atoms with Crippen molar-refractivity contribution in [3.8, 4) is 0 Å². The molecule has 7 nitrogen and oxygen atoms in total. The second-order valence-electron chi connectivity index (χ2n) is 14.2. The average molecular weight is 734 g/mol. The third-order valence-corrected chi connectivity index (χ3v) is 8.96. The van der Waals surface area contributed by atoms with Gasteiger partial charge in [0.25, 0.3) is 5.91 Å². The Balaban J connectivity index is 0. The summed E-state index contributed by atoms with van der Waals surface area (Å²) in [6.07, 6.45) is 29.3. The van der Waals surface area contributed by atoms with Crippen LogP contribution in [0.2, 0.25) is 0 Å². The van der Waals surface area contributed by atoms with Crippen molar-refractivity contribution in [3.05, 3.63) is 0 Å². The summed E-state index contributed by atoms with van der Waals surface area (Å²) in [5.74, 6) is -0.381. The average Bonchev–Trinajstić information content (AvgIpc) is 3.01. The molecule has 0 aromatic carbocycles. The Labute approximate surface area is 302 Å². The number of quaternary nitrogens is 1. The molecule has 0 saturated heterocycles. The fourth-order valence-electron chi connectivity index (χ4n) is 6.06. The van der Waals surface area contributed by atoms with E-state index in [1.165, 1.54) is 116 Å². The third kappa shape index (κ3) is 33.1. The lowest BCUT2D eigenvalue weighted by molar-refractivity contribution is -0.882. The van der Waals surface area contributed by atoms with E-state index in [0.717, 1.165) is 38.6 Å². The highest BCUT2D eigenvalue weighted by molar-refractivity contribution is 5.77. The summed E-state index contributed by atoms with van der Waals surface area (Å²) in [7, 11) is 4.11. The Bertz CT molecular complexity index is 690. The maximum Gasteiger partial charge on any atom is 0.305 e. The van der Waals surface area contributed by atoms with Crippen molar-refractivity contribution < 1.29 is 45.3 Å². The molecule has 0 aliphatic carbocycles. The highest BCUT2D eigenvalue weighted by Gasteiger charge is 2.24. The molecule has 0 rings (SSSR count). The Kier molecular flexibility index (Phi) is 35.4. The lowest BCUT2D eigenvalue weighted by Gasteiger charge is -2.31. The van der Waals surface area contributed by atoms with Gasteiger partial charge >= 0.3 is 11.9 Å². The van der Waals surface area contributed by atoms with E-state index in [9.17, 15) is 14.4 Å².